The maximum absolute atomic E-state index is 12.5. The largest absolute Gasteiger partial charge is 0.383 e. The smallest absolute Gasteiger partial charge is 0.270 e. The van der Waals surface area contributed by atoms with Gasteiger partial charge in [-0.2, -0.15) is 8.78 Å². The van der Waals surface area contributed by atoms with Crippen molar-refractivity contribution in [2.24, 2.45) is 0 Å². The number of halogens is 2. The number of fused-ring (bicyclic) bond motifs is 1. The summed E-state index contributed by atoms with van der Waals surface area (Å²) in [6.45, 7) is 1.94. The standard InChI is InChI=1S/C10H15F2NO/c1-14-7-10-3-2-4-13(10)6-8(5-10)9(11)12/h2-7H2,1H3/t10-/m1/s1. The van der Waals surface area contributed by atoms with E-state index in [1.807, 2.05) is 0 Å². The Kier molecular flexibility index (Phi) is 2.58. The van der Waals surface area contributed by atoms with E-state index in [4.69, 9.17) is 4.74 Å². The van der Waals surface area contributed by atoms with E-state index < -0.39 is 6.08 Å². The van der Waals surface area contributed by atoms with E-state index in [-0.39, 0.29) is 5.54 Å². The fourth-order valence-corrected chi connectivity index (χ4v) is 2.73. The molecule has 0 aliphatic carbocycles. The van der Waals surface area contributed by atoms with Crippen molar-refractivity contribution < 1.29 is 13.5 Å². The minimum atomic E-state index is -1.49. The summed E-state index contributed by atoms with van der Waals surface area (Å²) in [5, 5.41) is 0. The second-order valence-corrected chi connectivity index (χ2v) is 4.22. The molecule has 0 N–H and O–H groups in total. The molecule has 14 heavy (non-hydrogen) atoms. The monoisotopic (exact) mass is 203 g/mol. The van der Waals surface area contributed by atoms with Gasteiger partial charge in [0.15, 0.2) is 0 Å². The zero-order chi connectivity index (χ0) is 10.2. The van der Waals surface area contributed by atoms with Crippen molar-refractivity contribution >= 4 is 0 Å². The Morgan fingerprint density at radius 1 is 1.57 bits per heavy atom. The summed E-state index contributed by atoms with van der Waals surface area (Å²) in [6, 6.07) is 0. The molecule has 2 fully saturated rings. The predicted octanol–water partition coefficient (Wildman–Crippen LogP) is 2.02. The van der Waals surface area contributed by atoms with E-state index >= 15 is 0 Å². The van der Waals surface area contributed by atoms with Gasteiger partial charge in [0.05, 0.1) is 6.61 Å². The first kappa shape index (κ1) is 10.1. The van der Waals surface area contributed by atoms with Gasteiger partial charge < -0.3 is 4.74 Å². The minimum Gasteiger partial charge on any atom is -0.383 e. The Morgan fingerprint density at radius 2 is 2.36 bits per heavy atom. The van der Waals surface area contributed by atoms with Gasteiger partial charge in [-0.25, -0.2) is 0 Å². The highest BCUT2D eigenvalue weighted by Crippen LogP contribution is 2.42. The molecule has 2 saturated heterocycles. The molecular weight excluding hydrogens is 188 g/mol. The SMILES string of the molecule is COC[C@]12CCCN1CC(=C(F)F)C2. The highest BCUT2D eigenvalue weighted by Gasteiger charge is 2.47. The van der Waals surface area contributed by atoms with E-state index in [0.717, 1.165) is 19.4 Å². The van der Waals surface area contributed by atoms with Crippen LogP contribution in [0.3, 0.4) is 0 Å². The summed E-state index contributed by atoms with van der Waals surface area (Å²) in [5.41, 5.74) is 0.190. The summed E-state index contributed by atoms with van der Waals surface area (Å²) in [4.78, 5) is 2.14. The van der Waals surface area contributed by atoms with Crippen LogP contribution in [0.2, 0.25) is 0 Å². The Bertz CT molecular complexity index is 263. The molecule has 2 heterocycles. The first-order valence-corrected chi connectivity index (χ1v) is 4.95. The number of ether oxygens (including phenoxy) is 1. The number of hydrogen-bond donors (Lipinski definition) is 0. The molecule has 2 nitrogen and oxygen atoms in total. The third-order valence-corrected chi connectivity index (χ3v) is 3.35. The highest BCUT2D eigenvalue weighted by atomic mass is 19.3. The normalized spacial score (nSPS) is 32.4. The molecule has 2 aliphatic heterocycles. The van der Waals surface area contributed by atoms with Crippen LogP contribution in [-0.4, -0.2) is 37.2 Å². The maximum Gasteiger partial charge on any atom is 0.270 e. The molecule has 4 heteroatoms. The second kappa shape index (κ2) is 3.59. The fourth-order valence-electron chi connectivity index (χ4n) is 2.73. The molecule has 2 aliphatic rings. The lowest BCUT2D eigenvalue weighted by Gasteiger charge is -2.30. The van der Waals surface area contributed by atoms with Crippen molar-refractivity contribution in [1.29, 1.82) is 0 Å². The summed E-state index contributed by atoms with van der Waals surface area (Å²) < 4.78 is 30.1. The fraction of sp³-hybridized carbons (Fsp3) is 0.800. The summed E-state index contributed by atoms with van der Waals surface area (Å²) in [7, 11) is 1.64. The van der Waals surface area contributed by atoms with Gasteiger partial charge >= 0.3 is 0 Å². The van der Waals surface area contributed by atoms with Gasteiger partial charge in [0.2, 0.25) is 0 Å². The topological polar surface area (TPSA) is 12.5 Å². The summed E-state index contributed by atoms with van der Waals surface area (Å²) >= 11 is 0. The molecule has 1 atom stereocenters. The lowest BCUT2D eigenvalue weighted by molar-refractivity contribution is 0.0656. The van der Waals surface area contributed by atoms with Gasteiger partial charge in [-0.05, 0) is 25.8 Å². The van der Waals surface area contributed by atoms with E-state index in [9.17, 15) is 8.78 Å². The summed E-state index contributed by atoms with van der Waals surface area (Å²) in [6.07, 6.45) is 1.08. The third kappa shape index (κ3) is 1.46. The van der Waals surface area contributed by atoms with Gasteiger partial charge in [-0.1, -0.05) is 0 Å². The van der Waals surface area contributed by atoms with Crippen molar-refractivity contribution in [2.45, 2.75) is 24.8 Å². The lowest BCUT2D eigenvalue weighted by atomic mass is 9.94. The van der Waals surface area contributed by atoms with Gasteiger partial charge in [-0.3, -0.25) is 4.90 Å². The third-order valence-electron chi connectivity index (χ3n) is 3.35. The summed E-state index contributed by atoms with van der Waals surface area (Å²) in [5.74, 6) is 0. The van der Waals surface area contributed by atoms with Crippen molar-refractivity contribution in [2.75, 3.05) is 26.8 Å². The predicted molar refractivity (Wildman–Crippen MR) is 49.3 cm³/mol. The molecule has 0 unspecified atom stereocenters. The van der Waals surface area contributed by atoms with Crippen molar-refractivity contribution in [3.63, 3.8) is 0 Å². The molecule has 0 aromatic carbocycles. The van der Waals surface area contributed by atoms with Crippen LogP contribution in [0, 0.1) is 0 Å². The zero-order valence-electron chi connectivity index (χ0n) is 8.35. The van der Waals surface area contributed by atoms with Crippen LogP contribution in [0.1, 0.15) is 19.3 Å². The maximum atomic E-state index is 12.5. The quantitative estimate of drug-likeness (QED) is 0.680. The van der Waals surface area contributed by atoms with Crippen LogP contribution in [0.15, 0.2) is 11.7 Å². The molecule has 0 saturated carbocycles. The Labute approximate surface area is 82.5 Å². The average Bonchev–Trinajstić information content (AvgIpc) is 2.60. The molecule has 0 amide bonds. The van der Waals surface area contributed by atoms with Gasteiger partial charge in [0, 0.05) is 24.8 Å². The molecular formula is C10H15F2NO. The van der Waals surface area contributed by atoms with E-state index in [0.29, 0.717) is 25.1 Å². The first-order valence-electron chi connectivity index (χ1n) is 4.95. The molecule has 2 rings (SSSR count). The molecule has 80 valence electrons. The minimum absolute atomic E-state index is 0.118. The van der Waals surface area contributed by atoms with Gasteiger partial charge in [0.25, 0.3) is 6.08 Å². The van der Waals surface area contributed by atoms with Crippen LogP contribution in [-0.2, 0) is 4.74 Å². The second-order valence-electron chi connectivity index (χ2n) is 4.22. The number of methoxy groups -OCH3 is 1. The molecule has 0 aromatic rings. The average molecular weight is 203 g/mol. The zero-order valence-corrected chi connectivity index (χ0v) is 8.35. The van der Waals surface area contributed by atoms with Crippen LogP contribution in [0.25, 0.3) is 0 Å². The van der Waals surface area contributed by atoms with Crippen molar-refractivity contribution in [3.05, 3.63) is 11.7 Å². The van der Waals surface area contributed by atoms with Crippen molar-refractivity contribution in [3.8, 4) is 0 Å². The van der Waals surface area contributed by atoms with Crippen molar-refractivity contribution in [1.82, 2.24) is 4.90 Å². The molecule has 0 aromatic heterocycles. The number of nitrogens with zero attached hydrogens (tertiary/aromatic N) is 1. The first-order chi connectivity index (χ1) is 6.68. The Hall–Kier alpha value is -0.480. The Balaban J connectivity index is 2.19. The highest BCUT2D eigenvalue weighted by molar-refractivity contribution is 5.21. The van der Waals surface area contributed by atoms with Gasteiger partial charge in [0.1, 0.15) is 0 Å². The van der Waals surface area contributed by atoms with E-state index in [1.165, 1.54) is 0 Å². The van der Waals surface area contributed by atoms with Crippen LogP contribution < -0.4 is 0 Å². The van der Waals surface area contributed by atoms with Crippen LogP contribution in [0.4, 0.5) is 8.78 Å². The Morgan fingerprint density at radius 3 is 3.00 bits per heavy atom. The van der Waals surface area contributed by atoms with Crippen LogP contribution in [0.5, 0.6) is 0 Å². The molecule has 0 bridgehead atoms. The van der Waals surface area contributed by atoms with E-state index in [2.05, 4.69) is 4.90 Å². The molecule has 0 radical (unpaired) electrons. The lowest BCUT2D eigenvalue weighted by Crippen LogP contribution is -2.42. The van der Waals surface area contributed by atoms with Gasteiger partial charge in [-0.15, -0.1) is 0 Å². The molecule has 0 spiro atoms. The number of hydrogen-bond acceptors (Lipinski definition) is 2. The van der Waals surface area contributed by atoms with E-state index in [1.54, 1.807) is 7.11 Å². The van der Waals surface area contributed by atoms with Crippen LogP contribution >= 0.6 is 0 Å². The number of rotatable bonds is 2.